The first kappa shape index (κ1) is 19.2. The fraction of sp³-hybridized carbons (Fsp3) is 0.250. The molecule has 0 aliphatic heterocycles. The molecule has 3 aromatic rings. The minimum absolute atomic E-state index is 0.224. The third kappa shape index (κ3) is 3.62. The van der Waals surface area contributed by atoms with Crippen molar-refractivity contribution in [3.8, 4) is 28.5 Å². The summed E-state index contributed by atoms with van der Waals surface area (Å²) >= 11 is 0. The maximum Gasteiger partial charge on any atom is 0.257 e. The number of hydrogen-bond donors (Lipinski definition) is 1. The SMILES string of the molecule is COc1cc(C(=O)Nc2nonc2-c2ccc(C)c(C)c2)cc(OC)c1OC. The molecule has 0 bridgehead atoms. The molecule has 0 aliphatic carbocycles. The highest BCUT2D eigenvalue weighted by molar-refractivity contribution is 6.06. The van der Waals surface area contributed by atoms with Gasteiger partial charge >= 0.3 is 0 Å². The molecule has 146 valence electrons. The zero-order chi connectivity index (χ0) is 20.3. The van der Waals surface area contributed by atoms with Gasteiger partial charge in [-0.25, -0.2) is 4.63 Å². The van der Waals surface area contributed by atoms with Crippen LogP contribution in [-0.2, 0) is 0 Å². The van der Waals surface area contributed by atoms with Crippen molar-refractivity contribution in [1.29, 1.82) is 0 Å². The van der Waals surface area contributed by atoms with Crippen molar-refractivity contribution >= 4 is 11.7 Å². The van der Waals surface area contributed by atoms with Crippen molar-refractivity contribution in [3.63, 3.8) is 0 Å². The molecule has 1 aromatic heterocycles. The lowest BCUT2D eigenvalue weighted by Gasteiger charge is -2.13. The van der Waals surface area contributed by atoms with Crippen molar-refractivity contribution in [2.24, 2.45) is 0 Å². The summed E-state index contributed by atoms with van der Waals surface area (Å²) in [5.41, 5.74) is 3.81. The van der Waals surface area contributed by atoms with Gasteiger partial charge in [0.25, 0.3) is 5.91 Å². The van der Waals surface area contributed by atoms with Gasteiger partial charge in [0.1, 0.15) is 0 Å². The molecule has 0 radical (unpaired) electrons. The largest absolute Gasteiger partial charge is 0.493 e. The monoisotopic (exact) mass is 383 g/mol. The fourth-order valence-electron chi connectivity index (χ4n) is 2.74. The van der Waals surface area contributed by atoms with Crippen molar-refractivity contribution in [1.82, 2.24) is 10.3 Å². The van der Waals surface area contributed by atoms with E-state index < -0.39 is 5.91 Å². The number of carbonyl (C=O) groups excluding carboxylic acids is 1. The Morgan fingerprint density at radius 1 is 0.929 bits per heavy atom. The number of nitrogens with zero attached hydrogens (tertiary/aromatic N) is 2. The maximum atomic E-state index is 12.8. The standard InChI is InChI=1S/C20H21N3O5/c1-11-6-7-13(8-12(11)2)17-19(23-28-22-17)21-20(24)14-9-15(25-3)18(27-5)16(10-14)26-4/h6-10H,1-5H3,(H,21,23,24). The van der Waals surface area contributed by atoms with E-state index in [0.29, 0.717) is 28.5 Å². The van der Waals surface area contributed by atoms with E-state index >= 15 is 0 Å². The van der Waals surface area contributed by atoms with Gasteiger partial charge in [-0.3, -0.25) is 4.79 Å². The Kier molecular flexibility index (Phi) is 5.49. The normalized spacial score (nSPS) is 10.5. The van der Waals surface area contributed by atoms with Gasteiger partial charge < -0.3 is 19.5 Å². The number of benzene rings is 2. The van der Waals surface area contributed by atoms with Gasteiger partial charge in [-0.05, 0) is 53.5 Å². The second-order valence-corrected chi connectivity index (χ2v) is 6.13. The highest BCUT2D eigenvalue weighted by Crippen LogP contribution is 2.38. The predicted octanol–water partition coefficient (Wildman–Crippen LogP) is 3.63. The van der Waals surface area contributed by atoms with E-state index in [1.807, 2.05) is 32.0 Å². The smallest absolute Gasteiger partial charge is 0.257 e. The summed E-state index contributed by atoms with van der Waals surface area (Å²) in [6, 6.07) is 8.95. The van der Waals surface area contributed by atoms with E-state index in [-0.39, 0.29) is 5.82 Å². The molecule has 28 heavy (non-hydrogen) atoms. The number of carbonyl (C=O) groups is 1. The molecule has 0 aliphatic rings. The molecular formula is C20H21N3O5. The molecule has 3 rings (SSSR count). The van der Waals surface area contributed by atoms with Crippen LogP contribution in [0.4, 0.5) is 5.82 Å². The Morgan fingerprint density at radius 3 is 2.18 bits per heavy atom. The van der Waals surface area contributed by atoms with Crippen molar-refractivity contribution in [2.45, 2.75) is 13.8 Å². The van der Waals surface area contributed by atoms with E-state index in [1.54, 1.807) is 12.1 Å². The first-order valence-corrected chi connectivity index (χ1v) is 8.50. The predicted molar refractivity (Wildman–Crippen MR) is 103 cm³/mol. The minimum Gasteiger partial charge on any atom is -0.493 e. The first-order valence-electron chi connectivity index (χ1n) is 8.50. The molecule has 0 saturated heterocycles. The Labute approximate surface area is 162 Å². The Balaban J connectivity index is 1.92. The van der Waals surface area contributed by atoms with E-state index in [4.69, 9.17) is 18.8 Å². The Bertz CT molecular complexity index is 988. The highest BCUT2D eigenvalue weighted by atomic mass is 16.6. The van der Waals surface area contributed by atoms with E-state index in [2.05, 4.69) is 15.6 Å². The van der Waals surface area contributed by atoms with Crippen LogP contribution in [0.2, 0.25) is 0 Å². The molecular weight excluding hydrogens is 362 g/mol. The summed E-state index contributed by atoms with van der Waals surface area (Å²) in [4.78, 5) is 12.8. The Morgan fingerprint density at radius 2 is 1.61 bits per heavy atom. The molecule has 8 heteroatoms. The van der Waals surface area contributed by atoms with Gasteiger partial charge in [-0.15, -0.1) is 0 Å². The zero-order valence-electron chi connectivity index (χ0n) is 16.3. The number of nitrogens with one attached hydrogen (secondary N) is 1. The molecule has 0 spiro atoms. The van der Waals surface area contributed by atoms with Crippen molar-refractivity contribution < 1.29 is 23.6 Å². The summed E-state index contributed by atoms with van der Waals surface area (Å²) in [7, 11) is 4.47. The van der Waals surface area contributed by atoms with Gasteiger partial charge in [-0.2, -0.15) is 0 Å². The molecule has 0 unspecified atom stereocenters. The summed E-state index contributed by atoms with van der Waals surface area (Å²) in [6.07, 6.45) is 0. The summed E-state index contributed by atoms with van der Waals surface area (Å²) in [5.74, 6) is 0.960. The molecule has 2 aromatic carbocycles. The van der Waals surface area contributed by atoms with Crippen LogP contribution in [0, 0.1) is 13.8 Å². The van der Waals surface area contributed by atoms with E-state index in [9.17, 15) is 4.79 Å². The lowest BCUT2D eigenvalue weighted by molar-refractivity contribution is 0.102. The van der Waals surface area contributed by atoms with Crippen LogP contribution < -0.4 is 19.5 Å². The molecule has 1 amide bonds. The molecule has 8 nitrogen and oxygen atoms in total. The molecule has 1 heterocycles. The second-order valence-electron chi connectivity index (χ2n) is 6.13. The van der Waals surface area contributed by atoms with Gasteiger partial charge in [0.2, 0.25) is 11.6 Å². The number of aromatic nitrogens is 2. The zero-order valence-corrected chi connectivity index (χ0v) is 16.3. The number of rotatable bonds is 6. The number of amides is 1. The van der Waals surface area contributed by atoms with E-state index in [1.165, 1.54) is 21.3 Å². The highest BCUT2D eigenvalue weighted by Gasteiger charge is 2.20. The number of methoxy groups -OCH3 is 3. The van der Waals surface area contributed by atoms with Crippen LogP contribution in [0.1, 0.15) is 21.5 Å². The lowest BCUT2D eigenvalue weighted by Crippen LogP contribution is -2.13. The summed E-state index contributed by atoms with van der Waals surface area (Å²) in [6.45, 7) is 4.02. The van der Waals surface area contributed by atoms with Gasteiger partial charge in [0.05, 0.1) is 21.3 Å². The number of hydrogen-bond acceptors (Lipinski definition) is 7. The number of ether oxygens (including phenoxy) is 3. The maximum absolute atomic E-state index is 12.8. The van der Waals surface area contributed by atoms with Crippen LogP contribution in [-0.4, -0.2) is 37.5 Å². The average molecular weight is 383 g/mol. The fourth-order valence-corrected chi connectivity index (χ4v) is 2.74. The average Bonchev–Trinajstić information content (AvgIpc) is 3.16. The van der Waals surface area contributed by atoms with Crippen molar-refractivity contribution in [2.75, 3.05) is 26.6 Å². The van der Waals surface area contributed by atoms with Crippen LogP contribution in [0.15, 0.2) is 35.0 Å². The van der Waals surface area contributed by atoms with Crippen LogP contribution in [0.5, 0.6) is 17.2 Å². The molecule has 1 N–H and O–H groups in total. The quantitative estimate of drug-likeness (QED) is 0.694. The molecule has 0 fully saturated rings. The van der Waals surface area contributed by atoms with Gasteiger partial charge in [0, 0.05) is 11.1 Å². The summed E-state index contributed by atoms with van der Waals surface area (Å²) in [5, 5.41) is 10.5. The molecule has 0 atom stereocenters. The number of anilines is 1. The van der Waals surface area contributed by atoms with Crippen molar-refractivity contribution in [3.05, 3.63) is 47.0 Å². The first-order chi connectivity index (χ1) is 13.5. The lowest BCUT2D eigenvalue weighted by atomic mass is 10.0. The van der Waals surface area contributed by atoms with Gasteiger partial charge in [-0.1, -0.05) is 12.1 Å². The van der Waals surface area contributed by atoms with E-state index in [0.717, 1.165) is 16.7 Å². The van der Waals surface area contributed by atoms with Crippen LogP contribution >= 0.6 is 0 Å². The Hall–Kier alpha value is -3.55. The van der Waals surface area contributed by atoms with Crippen LogP contribution in [0.25, 0.3) is 11.3 Å². The molecule has 0 saturated carbocycles. The van der Waals surface area contributed by atoms with Crippen LogP contribution in [0.3, 0.4) is 0 Å². The minimum atomic E-state index is -0.417. The third-order valence-corrected chi connectivity index (χ3v) is 4.43. The second kappa shape index (κ2) is 7.99. The summed E-state index contributed by atoms with van der Waals surface area (Å²) < 4.78 is 20.7. The number of aryl methyl sites for hydroxylation is 2. The topological polar surface area (TPSA) is 95.7 Å². The van der Waals surface area contributed by atoms with Gasteiger partial charge in [0.15, 0.2) is 17.2 Å². The third-order valence-electron chi connectivity index (χ3n) is 4.43.